The molecule has 0 radical (unpaired) electrons. The third-order valence-corrected chi connectivity index (χ3v) is 4.71. The smallest absolute Gasteiger partial charge is 0.322 e. The minimum Gasteiger partial charge on any atom is -0.330 e. The molecule has 1 N–H and O–H groups in total. The van der Waals surface area contributed by atoms with Crippen molar-refractivity contribution in [1.82, 2.24) is 5.32 Å². The van der Waals surface area contributed by atoms with Gasteiger partial charge in [0.05, 0.1) is 6.04 Å². The molecule has 20 heavy (non-hydrogen) atoms. The van der Waals surface area contributed by atoms with Crippen molar-refractivity contribution in [2.45, 2.75) is 25.8 Å². The fraction of sp³-hybridized carbons (Fsp3) is 0.312. The number of amides is 2. The van der Waals surface area contributed by atoms with Gasteiger partial charge >= 0.3 is 6.03 Å². The van der Waals surface area contributed by atoms with Crippen LogP contribution in [0.2, 0.25) is 0 Å². The first-order valence-corrected chi connectivity index (χ1v) is 7.87. The molecular formula is C16H18N2OS. The van der Waals surface area contributed by atoms with Crippen LogP contribution < -0.4 is 10.2 Å². The molecule has 0 bridgehead atoms. The summed E-state index contributed by atoms with van der Waals surface area (Å²) in [5, 5.41) is 5.20. The summed E-state index contributed by atoms with van der Waals surface area (Å²) in [5.41, 5.74) is 2.30. The van der Waals surface area contributed by atoms with E-state index >= 15 is 0 Å². The van der Waals surface area contributed by atoms with E-state index in [9.17, 15) is 4.79 Å². The first-order valence-electron chi connectivity index (χ1n) is 6.99. The molecule has 1 aliphatic rings. The Bertz CT molecular complexity index is 594. The number of nitrogens with zero attached hydrogens (tertiary/aromatic N) is 1. The van der Waals surface area contributed by atoms with Gasteiger partial charge in [0.15, 0.2) is 0 Å². The Labute approximate surface area is 123 Å². The third kappa shape index (κ3) is 2.43. The van der Waals surface area contributed by atoms with Crippen LogP contribution in [0.15, 0.2) is 41.8 Å². The number of hydrogen-bond donors (Lipinski definition) is 1. The molecule has 0 unspecified atom stereocenters. The standard InChI is InChI=1S/C16H18N2OS/c1-2-13(15-8-5-11-20-15)17-16(19)18-10-9-12-6-3-4-7-14(12)18/h3-8,11,13H,2,9-10H2,1H3,(H,17,19)/t13-/m1/s1. The van der Waals surface area contributed by atoms with E-state index in [4.69, 9.17) is 0 Å². The van der Waals surface area contributed by atoms with Gasteiger partial charge in [-0.1, -0.05) is 31.2 Å². The van der Waals surface area contributed by atoms with Gasteiger partial charge in [-0.2, -0.15) is 0 Å². The molecule has 1 aromatic carbocycles. The van der Waals surface area contributed by atoms with Crippen LogP contribution in [-0.2, 0) is 6.42 Å². The van der Waals surface area contributed by atoms with Crippen LogP contribution in [0.4, 0.5) is 10.5 Å². The van der Waals surface area contributed by atoms with Gasteiger partial charge in [-0.15, -0.1) is 11.3 Å². The summed E-state index contributed by atoms with van der Waals surface area (Å²) in [6, 6.07) is 12.4. The topological polar surface area (TPSA) is 32.3 Å². The molecule has 104 valence electrons. The predicted molar refractivity (Wildman–Crippen MR) is 83.4 cm³/mol. The van der Waals surface area contributed by atoms with Crippen LogP contribution >= 0.6 is 11.3 Å². The van der Waals surface area contributed by atoms with Gasteiger partial charge in [0.25, 0.3) is 0 Å². The maximum atomic E-state index is 12.5. The number of para-hydroxylation sites is 1. The highest BCUT2D eigenvalue weighted by Crippen LogP contribution is 2.28. The van der Waals surface area contributed by atoms with Gasteiger partial charge in [0, 0.05) is 17.1 Å². The van der Waals surface area contributed by atoms with Crippen LogP contribution in [0.3, 0.4) is 0 Å². The van der Waals surface area contributed by atoms with Gasteiger partial charge < -0.3 is 5.32 Å². The Kier molecular flexibility index (Phi) is 3.74. The maximum Gasteiger partial charge on any atom is 0.322 e. The summed E-state index contributed by atoms with van der Waals surface area (Å²) >= 11 is 1.69. The number of benzene rings is 1. The third-order valence-electron chi connectivity index (χ3n) is 3.72. The molecule has 3 rings (SSSR count). The number of thiophene rings is 1. The van der Waals surface area contributed by atoms with Crippen molar-refractivity contribution in [3.63, 3.8) is 0 Å². The van der Waals surface area contributed by atoms with E-state index in [-0.39, 0.29) is 12.1 Å². The molecular weight excluding hydrogens is 268 g/mol. The fourth-order valence-electron chi connectivity index (χ4n) is 2.64. The Balaban J connectivity index is 1.74. The van der Waals surface area contributed by atoms with Crippen LogP contribution in [0.5, 0.6) is 0 Å². The van der Waals surface area contributed by atoms with Crippen molar-refractivity contribution in [2.24, 2.45) is 0 Å². The Morgan fingerprint density at radius 3 is 2.95 bits per heavy atom. The number of anilines is 1. The summed E-state index contributed by atoms with van der Waals surface area (Å²) in [6.07, 6.45) is 1.85. The fourth-order valence-corrected chi connectivity index (χ4v) is 3.50. The Morgan fingerprint density at radius 1 is 1.35 bits per heavy atom. The average Bonchev–Trinajstić information content (AvgIpc) is 3.13. The zero-order valence-electron chi connectivity index (χ0n) is 11.5. The first-order chi connectivity index (χ1) is 9.79. The average molecular weight is 286 g/mol. The van der Waals surface area contributed by atoms with Gasteiger partial charge in [0.2, 0.25) is 0 Å². The van der Waals surface area contributed by atoms with Crippen molar-refractivity contribution in [3.8, 4) is 0 Å². The van der Waals surface area contributed by atoms with Crippen LogP contribution in [0, 0.1) is 0 Å². The van der Waals surface area contributed by atoms with E-state index in [0.717, 1.165) is 25.1 Å². The van der Waals surface area contributed by atoms with Crippen molar-refractivity contribution >= 4 is 23.1 Å². The first kappa shape index (κ1) is 13.2. The molecule has 0 saturated carbocycles. The Morgan fingerprint density at radius 2 is 2.20 bits per heavy atom. The zero-order chi connectivity index (χ0) is 13.9. The molecule has 2 amide bonds. The second kappa shape index (κ2) is 5.67. The Hall–Kier alpha value is -1.81. The molecule has 3 nitrogen and oxygen atoms in total. The molecule has 0 aliphatic carbocycles. The van der Waals surface area contributed by atoms with Crippen molar-refractivity contribution in [1.29, 1.82) is 0 Å². The second-order valence-corrected chi connectivity index (χ2v) is 5.94. The lowest BCUT2D eigenvalue weighted by Crippen LogP contribution is -2.40. The number of carbonyl (C=O) groups is 1. The molecule has 2 heterocycles. The van der Waals surface area contributed by atoms with Crippen molar-refractivity contribution in [3.05, 3.63) is 52.2 Å². The van der Waals surface area contributed by atoms with Crippen molar-refractivity contribution in [2.75, 3.05) is 11.4 Å². The van der Waals surface area contributed by atoms with Crippen molar-refractivity contribution < 1.29 is 4.79 Å². The van der Waals surface area contributed by atoms with Crippen LogP contribution in [0.25, 0.3) is 0 Å². The minimum atomic E-state index is 0.00944. The summed E-state index contributed by atoms with van der Waals surface area (Å²) in [7, 11) is 0. The summed E-state index contributed by atoms with van der Waals surface area (Å²) in [5.74, 6) is 0. The summed E-state index contributed by atoms with van der Waals surface area (Å²) < 4.78 is 0. The molecule has 1 aliphatic heterocycles. The van der Waals surface area contributed by atoms with Crippen LogP contribution in [0.1, 0.15) is 29.8 Å². The van der Waals surface area contributed by atoms with Gasteiger partial charge in [-0.25, -0.2) is 4.79 Å². The lowest BCUT2D eigenvalue weighted by atomic mass is 10.2. The molecule has 0 spiro atoms. The molecule has 1 atom stereocenters. The number of nitrogens with one attached hydrogen (secondary N) is 1. The quantitative estimate of drug-likeness (QED) is 0.909. The highest BCUT2D eigenvalue weighted by molar-refractivity contribution is 7.10. The van der Waals surface area contributed by atoms with Crippen LogP contribution in [-0.4, -0.2) is 12.6 Å². The SMILES string of the molecule is CC[C@@H](NC(=O)N1CCc2ccccc21)c1cccs1. The molecule has 0 fully saturated rings. The lowest BCUT2D eigenvalue weighted by Gasteiger charge is -2.22. The highest BCUT2D eigenvalue weighted by Gasteiger charge is 2.25. The lowest BCUT2D eigenvalue weighted by molar-refractivity contribution is 0.243. The predicted octanol–water partition coefficient (Wildman–Crippen LogP) is 3.97. The maximum absolute atomic E-state index is 12.5. The largest absolute Gasteiger partial charge is 0.330 e. The minimum absolute atomic E-state index is 0.00944. The summed E-state index contributed by atoms with van der Waals surface area (Å²) in [4.78, 5) is 15.6. The van der Waals surface area contributed by atoms with E-state index in [1.165, 1.54) is 10.4 Å². The van der Waals surface area contributed by atoms with Gasteiger partial charge in [0.1, 0.15) is 0 Å². The monoisotopic (exact) mass is 286 g/mol. The molecule has 0 saturated heterocycles. The van der Waals surface area contributed by atoms with E-state index in [0.29, 0.717) is 0 Å². The number of urea groups is 1. The molecule has 1 aromatic heterocycles. The van der Waals surface area contributed by atoms with E-state index < -0.39 is 0 Å². The van der Waals surface area contributed by atoms with Gasteiger partial charge in [-0.05, 0) is 35.9 Å². The van der Waals surface area contributed by atoms with E-state index in [1.54, 1.807) is 11.3 Å². The number of rotatable bonds is 3. The summed E-state index contributed by atoms with van der Waals surface area (Å²) in [6.45, 7) is 2.87. The zero-order valence-corrected chi connectivity index (χ0v) is 12.3. The number of fused-ring (bicyclic) bond motifs is 1. The second-order valence-electron chi connectivity index (χ2n) is 4.96. The highest BCUT2D eigenvalue weighted by atomic mass is 32.1. The van der Waals surface area contributed by atoms with E-state index in [2.05, 4.69) is 29.8 Å². The van der Waals surface area contributed by atoms with E-state index in [1.807, 2.05) is 29.2 Å². The number of hydrogen-bond acceptors (Lipinski definition) is 2. The normalized spacial score (nSPS) is 14.9. The van der Waals surface area contributed by atoms with Gasteiger partial charge in [-0.3, -0.25) is 4.90 Å². The molecule has 2 aromatic rings. The number of carbonyl (C=O) groups excluding carboxylic acids is 1. The molecule has 4 heteroatoms.